The van der Waals surface area contributed by atoms with E-state index in [4.69, 9.17) is 10.5 Å². The zero-order valence-electron chi connectivity index (χ0n) is 24.5. The average Bonchev–Trinajstić information content (AvgIpc) is 3.02. The summed E-state index contributed by atoms with van der Waals surface area (Å²) in [5.74, 6) is -0.568. The molecular formula is C32H41ClN4O5S. The Kier molecular flexibility index (Phi) is 13.0. The molecule has 0 radical (unpaired) electrons. The summed E-state index contributed by atoms with van der Waals surface area (Å²) in [4.78, 5) is 28.8. The van der Waals surface area contributed by atoms with Crippen LogP contribution in [-0.2, 0) is 26.2 Å². The van der Waals surface area contributed by atoms with Gasteiger partial charge in [0.1, 0.15) is 13.2 Å². The molecule has 1 aliphatic heterocycles. The lowest BCUT2D eigenvalue weighted by molar-refractivity contribution is -0.119. The largest absolute Gasteiger partial charge is 0.445 e. The van der Waals surface area contributed by atoms with Gasteiger partial charge >= 0.3 is 6.09 Å². The van der Waals surface area contributed by atoms with E-state index in [9.17, 15) is 18.0 Å². The van der Waals surface area contributed by atoms with Gasteiger partial charge in [-0.1, -0.05) is 78.9 Å². The van der Waals surface area contributed by atoms with Crippen molar-refractivity contribution in [1.29, 1.82) is 0 Å². The molecular weight excluding hydrogens is 588 g/mol. The number of carbonyl (C=O) groups excluding carboxylic acids is 2. The summed E-state index contributed by atoms with van der Waals surface area (Å²) >= 11 is 0. The van der Waals surface area contributed by atoms with E-state index in [1.807, 2.05) is 60.7 Å². The van der Waals surface area contributed by atoms with Crippen LogP contribution in [-0.4, -0.2) is 80.3 Å². The van der Waals surface area contributed by atoms with Crippen molar-refractivity contribution >= 4 is 34.4 Å². The Hall–Kier alpha value is -3.44. The molecule has 232 valence electrons. The molecule has 1 unspecified atom stereocenters. The molecule has 2 N–H and O–H groups in total. The standard InChI is InChI=1S/C32H40N4O5S.ClH/c1-34(42(39,40)30-15-9-4-10-16-30)23-28(27-13-7-3-8-14-27)17-20-35-21-18-29(19-22-35)36(24-31(33)37)32(38)41-25-26-11-5-2-6-12-26;/h2-16,28-29H,17-25H2,1H3,(H2,33,37);1H. The molecule has 0 aliphatic carbocycles. The van der Waals surface area contributed by atoms with Crippen LogP contribution in [0.1, 0.15) is 36.3 Å². The second-order valence-corrected chi connectivity index (χ2v) is 12.7. The molecule has 1 aliphatic rings. The van der Waals surface area contributed by atoms with Crippen molar-refractivity contribution in [2.24, 2.45) is 5.73 Å². The third kappa shape index (κ3) is 9.79. The van der Waals surface area contributed by atoms with Crippen molar-refractivity contribution in [1.82, 2.24) is 14.1 Å². The third-order valence-electron chi connectivity index (χ3n) is 7.76. The molecule has 3 aromatic rings. The van der Waals surface area contributed by atoms with E-state index in [0.29, 0.717) is 19.4 Å². The Morgan fingerprint density at radius 2 is 1.49 bits per heavy atom. The molecule has 1 fully saturated rings. The number of rotatable bonds is 13. The lowest BCUT2D eigenvalue weighted by atomic mass is 9.94. The van der Waals surface area contributed by atoms with Gasteiger partial charge in [0.25, 0.3) is 0 Å². The summed E-state index contributed by atoms with van der Waals surface area (Å²) in [6, 6.07) is 27.7. The maximum absolute atomic E-state index is 13.2. The molecule has 1 heterocycles. The summed E-state index contributed by atoms with van der Waals surface area (Å²) in [5.41, 5.74) is 7.43. The molecule has 2 amide bonds. The molecule has 3 aromatic carbocycles. The molecule has 1 atom stereocenters. The zero-order chi connectivity index (χ0) is 30.0. The molecule has 11 heteroatoms. The summed E-state index contributed by atoms with van der Waals surface area (Å²) < 4.78 is 33.4. The van der Waals surface area contributed by atoms with Crippen LogP contribution in [0.15, 0.2) is 95.9 Å². The molecule has 0 aromatic heterocycles. The fraction of sp³-hybridized carbons (Fsp3) is 0.375. The maximum atomic E-state index is 13.2. The molecule has 4 rings (SSSR count). The topological polar surface area (TPSA) is 113 Å². The normalized spacial score (nSPS) is 14.9. The van der Waals surface area contributed by atoms with Gasteiger partial charge in [-0.05, 0) is 55.0 Å². The average molecular weight is 629 g/mol. The minimum atomic E-state index is -3.61. The first-order chi connectivity index (χ1) is 20.2. The van der Waals surface area contributed by atoms with Crippen molar-refractivity contribution in [3.05, 3.63) is 102 Å². The van der Waals surface area contributed by atoms with Gasteiger partial charge in [0.15, 0.2) is 0 Å². The minimum Gasteiger partial charge on any atom is -0.445 e. The van der Waals surface area contributed by atoms with Gasteiger partial charge in [0.05, 0.1) is 4.90 Å². The number of nitrogens with zero attached hydrogens (tertiary/aromatic N) is 3. The second-order valence-electron chi connectivity index (χ2n) is 10.7. The Morgan fingerprint density at radius 3 is 2.07 bits per heavy atom. The van der Waals surface area contributed by atoms with Crippen LogP contribution in [0.2, 0.25) is 0 Å². The highest BCUT2D eigenvalue weighted by atomic mass is 35.5. The van der Waals surface area contributed by atoms with Crippen LogP contribution in [0.4, 0.5) is 4.79 Å². The zero-order valence-corrected chi connectivity index (χ0v) is 26.1. The van der Waals surface area contributed by atoms with E-state index in [-0.39, 0.29) is 42.4 Å². The number of sulfonamides is 1. The fourth-order valence-electron chi connectivity index (χ4n) is 5.38. The first-order valence-electron chi connectivity index (χ1n) is 14.3. The molecule has 1 saturated heterocycles. The quantitative estimate of drug-likeness (QED) is 0.298. The van der Waals surface area contributed by atoms with Gasteiger partial charge in [-0.3, -0.25) is 9.69 Å². The summed E-state index contributed by atoms with van der Waals surface area (Å²) in [5, 5.41) is 0. The highest BCUT2D eigenvalue weighted by Gasteiger charge is 2.31. The van der Waals surface area contributed by atoms with Crippen LogP contribution < -0.4 is 5.73 Å². The Labute approximate surface area is 261 Å². The number of amides is 2. The number of carbonyl (C=O) groups is 2. The van der Waals surface area contributed by atoms with E-state index >= 15 is 0 Å². The second kappa shape index (κ2) is 16.4. The highest BCUT2D eigenvalue weighted by molar-refractivity contribution is 7.89. The number of likely N-dealkylation sites (tertiary alicyclic amines) is 1. The van der Waals surface area contributed by atoms with Crippen LogP contribution in [0.5, 0.6) is 0 Å². The Bertz CT molecular complexity index is 1390. The highest BCUT2D eigenvalue weighted by Crippen LogP contribution is 2.26. The lowest BCUT2D eigenvalue weighted by Gasteiger charge is -2.38. The smallest absolute Gasteiger partial charge is 0.410 e. The predicted octanol–water partition coefficient (Wildman–Crippen LogP) is 4.49. The number of halogens is 1. The number of hydrogen-bond acceptors (Lipinski definition) is 6. The number of benzene rings is 3. The first-order valence-corrected chi connectivity index (χ1v) is 15.7. The number of likely N-dealkylation sites (N-methyl/N-ethyl adjacent to an activating group) is 1. The van der Waals surface area contributed by atoms with E-state index in [1.54, 1.807) is 37.4 Å². The first kappa shape index (κ1) is 34.1. The third-order valence-corrected chi connectivity index (χ3v) is 9.59. The Balaban J connectivity index is 0.00000506. The van der Waals surface area contributed by atoms with Crippen molar-refractivity contribution in [2.75, 3.05) is 39.8 Å². The van der Waals surface area contributed by atoms with E-state index < -0.39 is 22.0 Å². The van der Waals surface area contributed by atoms with Gasteiger partial charge in [0, 0.05) is 32.7 Å². The van der Waals surface area contributed by atoms with Crippen LogP contribution in [0.25, 0.3) is 0 Å². The number of hydrogen-bond donors (Lipinski definition) is 1. The molecule has 43 heavy (non-hydrogen) atoms. The fourth-order valence-corrected chi connectivity index (χ4v) is 6.61. The molecule has 0 spiro atoms. The van der Waals surface area contributed by atoms with Gasteiger partial charge < -0.3 is 15.4 Å². The van der Waals surface area contributed by atoms with E-state index in [0.717, 1.165) is 37.2 Å². The van der Waals surface area contributed by atoms with E-state index in [2.05, 4.69) is 4.90 Å². The SMILES string of the molecule is CN(CC(CCN1CCC(N(CC(N)=O)C(=O)OCc2ccccc2)CC1)c1ccccc1)S(=O)(=O)c1ccccc1.Cl. The van der Waals surface area contributed by atoms with Crippen LogP contribution in [0.3, 0.4) is 0 Å². The number of nitrogens with two attached hydrogens (primary N) is 1. The van der Waals surface area contributed by atoms with Gasteiger partial charge in [-0.2, -0.15) is 0 Å². The van der Waals surface area contributed by atoms with E-state index in [1.165, 1.54) is 9.21 Å². The van der Waals surface area contributed by atoms with Gasteiger partial charge in [-0.15, -0.1) is 12.4 Å². The number of piperidine rings is 1. The summed E-state index contributed by atoms with van der Waals surface area (Å²) in [6.45, 7) is 2.56. The van der Waals surface area contributed by atoms with Crippen molar-refractivity contribution in [3.63, 3.8) is 0 Å². The number of primary amides is 1. The Morgan fingerprint density at radius 1 is 0.930 bits per heavy atom. The van der Waals surface area contributed by atoms with Crippen molar-refractivity contribution in [3.8, 4) is 0 Å². The van der Waals surface area contributed by atoms with Crippen molar-refractivity contribution < 1.29 is 22.7 Å². The molecule has 0 saturated carbocycles. The predicted molar refractivity (Wildman–Crippen MR) is 169 cm³/mol. The molecule has 9 nitrogen and oxygen atoms in total. The van der Waals surface area contributed by atoms with Gasteiger partial charge in [-0.25, -0.2) is 17.5 Å². The monoisotopic (exact) mass is 628 g/mol. The lowest BCUT2D eigenvalue weighted by Crippen LogP contribution is -2.50. The number of ether oxygens (including phenoxy) is 1. The van der Waals surface area contributed by atoms with Crippen LogP contribution >= 0.6 is 12.4 Å². The minimum absolute atomic E-state index is 0. The van der Waals surface area contributed by atoms with Gasteiger partial charge in [0.2, 0.25) is 15.9 Å². The maximum Gasteiger partial charge on any atom is 0.410 e. The summed E-state index contributed by atoms with van der Waals surface area (Å²) in [7, 11) is -1.98. The van der Waals surface area contributed by atoms with Crippen LogP contribution in [0, 0.1) is 0 Å². The molecule has 0 bridgehead atoms. The van der Waals surface area contributed by atoms with Crippen molar-refractivity contribution in [2.45, 2.75) is 42.7 Å². The summed E-state index contributed by atoms with van der Waals surface area (Å²) in [6.07, 6.45) is 1.61.